The lowest BCUT2D eigenvalue weighted by atomic mass is 10.2. The van der Waals surface area contributed by atoms with Gasteiger partial charge >= 0.3 is 5.97 Å². The van der Waals surface area contributed by atoms with Crippen LogP contribution in [0.25, 0.3) is 0 Å². The lowest BCUT2D eigenvalue weighted by Gasteiger charge is -2.13. The van der Waals surface area contributed by atoms with E-state index in [-0.39, 0.29) is 16.7 Å². The summed E-state index contributed by atoms with van der Waals surface area (Å²) < 4.78 is 0. The van der Waals surface area contributed by atoms with Crippen molar-refractivity contribution in [3.05, 3.63) is 29.8 Å². The van der Waals surface area contributed by atoms with Crippen LogP contribution < -0.4 is 5.32 Å². The van der Waals surface area contributed by atoms with Gasteiger partial charge in [-0.15, -0.1) is 0 Å². The van der Waals surface area contributed by atoms with E-state index in [1.165, 1.54) is 12.1 Å². The number of nitrogens with one attached hydrogen (secondary N) is 1. The molecule has 0 radical (unpaired) electrons. The van der Waals surface area contributed by atoms with Gasteiger partial charge in [0.25, 0.3) is 11.1 Å². The maximum atomic E-state index is 12.0. The van der Waals surface area contributed by atoms with E-state index in [1.54, 1.807) is 12.1 Å². The number of imide groups is 1. The van der Waals surface area contributed by atoms with Gasteiger partial charge in [-0.1, -0.05) is 22.0 Å². The number of benzene rings is 1. The van der Waals surface area contributed by atoms with E-state index in [1.807, 2.05) is 0 Å². The summed E-state index contributed by atoms with van der Waals surface area (Å²) in [6.45, 7) is 0.317. The van der Waals surface area contributed by atoms with Crippen LogP contribution in [-0.2, 0) is 4.79 Å². The van der Waals surface area contributed by atoms with Gasteiger partial charge in [-0.2, -0.15) is 0 Å². The molecule has 6 nitrogen and oxygen atoms in total. The Morgan fingerprint density at radius 2 is 2.20 bits per heavy atom. The number of aromatic carboxylic acids is 1. The molecule has 0 spiro atoms. The van der Waals surface area contributed by atoms with Crippen molar-refractivity contribution in [2.45, 2.75) is 5.37 Å². The van der Waals surface area contributed by atoms with Crippen LogP contribution in [0.5, 0.6) is 0 Å². The van der Waals surface area contributed by atoms with E-state index in [9.17, 15) is 14.4 Å². The van der Waals surface area contributed by atoms with Crippen molar-refractivity contribution >= 4 is 50.5 Å². The zero-order chi connectivity index (χ0) is 14.7. The Morgan fingerprint density at radius 1 is 1.45 bits per heavy atom. The second-order valence-electron chi connectivity index (χ2n) is 3.97. The molecular formula is C12H11BrN2O4S. The maximum Gasteiger partial charge on any atom is 0.335 e. The lowest BCUT2D eigenvalue weighted by molar-refractivity contribution is -0.125. The summed E-state index contributed by atoms with van der Waals surface area (Å²) >= 11 is 4.07. The number of thioether (sulfide) groups is 1. The summed E-state index contributed by atoms with van der Waals surface area (Å²) in [6, 6.07) is 6.11. The second-order valence-corrected chi connectivity index (χ2v) is 5.82. The average Bonchev–Trinajstić information content (AvgIpc) is 2.67. The molecule has 1 aliphatic heterocycles. The molecule has 0 unspecified atom stereocenters. The number of alkyl halides is 1. The topological polar surface area (TPSA) is 86.7 Å². The third-order valence-corrected chi connectivity index (χ3v) is 3.98. The van der Waals surface area contributed by atoms with E-state index in [0.29, 0.717) is 17.6 Å². The average molecular weight is 359 g/mol. The highest BCUT2D eigenvalue weighted by Gasteiger charge is 2.39. The minimum atomic E-state index is -1.05. The number of halogens is 1. The first-order valence-corrected chi connectivity index (χ1v) is 7.71. The first-order valence-electron chi connectivity index (χ1n) is 5.71. The van der Waals surface area contributed by atoms with Crippen LogP contribution in [0.2, 0.25) is 0 Å². The zero-order valence-electron chi connectivity index (χ0n) is 10.2. The summed E-state index contributed by atoms with van der Waals surface area (Å²) in [5.41, 5.74) is 0.610. The molecular weight excluding hydrogens is 348 g/mol. The predicted octanol–water partition coefficient (Wildman–Crippen LogP) is 2.21. The lowest BCUT2D eigenvalue weighted by Crippen LogP contribution is -2.35. The Hall–Kier alpha value is -1.54. The SMILES string of the molecule is O=C(O)c1cccc(N[C@@H]2SC(=O)N(CCBr)C2=O)c1. The van der Waals surface area contributed by atoms with E-state index >= 15 is 0 Å². The number of anilines is 1. The molecule has 2 rings (SSSR count). The molecule has 1 heterocycles. The highest BCUT2D eigenvalue weighted by molar-refractivity contribution is 9.09. The molecule has 1 saturated heterocycles. The second kappa shape index (κ2) is 6.27. The number of hydrogen-bond acceptors (Lipinski definition) is 5. The molecule has 2 N–H and O–H groups in total. The molecule has 8 heteroatoms. The van der Waals surface area contributed by atoms with Crippen LogP contribution in [0.4, 0.5) is 10.5 Å². The fourth-order valence-corrected chi connectivity index (χ4v) is 3.00. The van der Waals surface area contributed by atoms with Gasteiger partial charge in [-0.3, -0.25) is 14.5 Å². The van der Waals surface area contributed by atoms with E-state index < -0.39 is 11.3 Å². The molecule has 1 aromatic carbocycles. The molecule has 1 aliphatic rings. The normalized spacial score (nSPS) is 18.4. The zero-order valence-corrected chi connectivity index (χ0v) is 12.6. The smallest absolute Gasteiger partial charge is 0.335 e. The Bertz CT molecular complexity index is 566. The number of rotatable bonds is 5. The van der Waals surface area contributed by atoms with Crippen molar-refractivity contribution in [2.24, 2.45) is 0 Å². The third kappa shape index (κ3) is 3.13. The van der Waals surface area contributed by atoms with Gasteiger partial charge in [0.1, 0.15) is 0 Å². The predicted molar refractivity (Wildman–Crippen MR) is 79.3 cm³/mol. The number of carboxylic acid groups (broad SMARTS) is 1. The van der Waals surface area contributed by atoms with Crippen LogP contribution in [0.3, 0.4) is 0 Å². The van der Waals surface area contributed by atoms with Crippen molar-refractivity contribution in [1.82, 2.24) is 4.90 Å². The molecule has 1 aromatic rings. The van der Waals surface area contributed by atoms with Crippen LogP contribution in [0.15, 0.2) is 24.3 Å². The number of carboxylic acids is 1. The molecule has 0 saturated carbocycles. The minimum absolute atomic E-state index is 0.120. The molecule has 2 amide bonds. The first kappa shape index (κ1) is 14.9. The fraction of sp³-hybridized carbons (Fsp3) is 0.250. The fourth-order valence-electron chi connectivity index (χ4n) is 1.72. The van der Waals surface area contributed by atoms with E-state index in [2.05, 4.69) is 21.2 Å². The maximum absolute atomic E-state index is 12.0. The Morgan fingerprint density at radius 3 is 2.85 bits per heavy atom. The highest BCUT2D eigenvalue weighted by atomic mass is 79.9. The summed E-state index contributed by atoms with van der Waals surface area (Å²) in [4.78, 5) is 35.7. The Kier molecular flexibility index (Phi) is 4.66. The van der Waals surface area contributed by atoms with Gasteiger partial charge in [0.2, 0.25) is 0 Å². The summed E-state index contributed by atoms with van der Waals surface area (Å²) in [5.74, 6) is -1.36. The van der Waals surface area contributed by atoms with E-state index in [4.69, 9.17) is 5.11 Å². The monoisotopic (exact) mass is 358 g/mol. The van der Waals surface area contributed by atoms with Crippen LogP contribution in [0.1, 0.15) is 10.4 Å². The highest BCUT2D eigenvalue weighted by Crippen LogP contribution is 2.28. The number of amides is 2. The minimum Gasteiger partial charge on any atom is -0.478 e. The summed E-state index contributed by atoms with van der Waals surface area (Å²) in [6.07, 6.45) is 0. The largest absolute Gasteiger partial charge is 0.478 e. The van der Waals surface area contributed by atoms with Gasteiger partial charge in [-0.25, -0.2) is 4.79 Å². The molecule has 0 bridgehead atoms. The van der Waals surface area contributed by atoms with Crippen LogP contribution >= 0.6 is 27.7 Å². The standard InChI is InChI=1S/C12H11BrN2O4S/c13-4-5-15-10(16)9(20-12(15)19)14-8-3-1-2-7(6-8)11(17)18/h1-3,6,9,14H,4-5H2,(H,17,18)/t9-/m1/s1. The van der Waals surface area contributed by atoms with Crippen molar-refractivity contribution in [3.8, 4) is 0 Å². The van der Waals surface area contributed by atoms with Gasteiger partial charge in [0.15, 0.2) is 5.37 Å². The van der Waals surface area contributed by atoms with Crippen molar-refractivity contribution < 1.29 is 19.5 Å². The van der Waals surface area contributed by atoms with Gasteiger partial charge in [-0.05, 0) is 30.0 Å². The van der Waals surface area contributed by atoms with Gasteiger partial charge < -0.3 is 10.4 Å². The molecule has 20 heavy (non-hydrogen) atoms. The molecule has 0 aromatic heterocycles. The van der Waals surface area contributed by atoms with Gasteiger partial charge in [0, 0.05) is 17.6 Å². The number of carbonyl (C=O) groups excluding carboxylic acids is 2. The van der Waals surface area contributed by atoms with Crippen molar-refractivity contribution in [3.63, 3.8) is 0 Å². The molecule has 1 fully saturated rings. The first-order chi connectivity index (χ1) is 9.52. The molecule has 0 aliphatic carbocycles. The summed E-state index contributed by atoms with van der Waals surface area (Å²) in [5, 5.41) is 11.3. The van der Waals surface area contributed by atoms with E-state index in [0.717, 1.165) is 16.7 Å². The summed E-state index contributed by atoms with van der Waals surface area (Å²) in [7, 11) is 0. The molecule has 106 valence electrons. The third-order valence-electron chi connectivity index (χ3n) is 2.64. The van der Waals surface area contributed by atoms with Gasteiger partial charge in [0.05, 0.1) is 5.56 Å². The van der Waals surface area contributed by atoms with Crippen LogP contribution in [0, 0.1) is 0 Å². The number of carbonyl (C=O) groups is 3. The number of nitrogens with zero attached hydrogens (tertiary/aromatic N) is 1. The van der Waals surface area contributed by atoms with Crippen LogP contribution in [-0.4, -0.2) is 44.4 Å². The Balaban J connectivity index is 2.11. The number of hydrogen-bond donors (Lipinski definition) is 2. The van der Waals surface area contributed by atoms with Crippen molar-refractivity contribution in [1.29, 1.82) is 0 Å². The quantitative estimate of drug-likeness (QED) is 0.784. The molecule has 1 atom stereocenters. The van der Waals surface area contributed by atoms with Crippen molar-refractivity contribution in [2.75, 3.05) is 17.2 Å². The Labute approximate surface area is 127 Å².